The Kier molecular flexibility index (Phi) is 7.19. The lowest BCUT2D eigenvalue weighted by molar-refractivity contribution is 0.103. The molecule has 4 aromatic rings. The van der Waals surface area contributed by atoms with Gasteiger partial charge in [0.2, 0.25) is 11.7 Å². The highest BCUT2D eigenvalue weighted by Gasteiger charge is 2.25. The van der Waals surface area contributed by atoms with Crippen molar-refractivity contribution in [3.05, 3.63) is 82.5 Å². The van der Waals surface area contributed by atoms with Gasteiger partial charge in [0.05, 0.1) is 52.8 Å². The van der Waals surface area contributed by atoms with Gasteiger partial charge in [-0.05, 0) is 34.5 Å². The molecule has 0 aliphatic carbocycles. The number of methoxy groups -OCH3 is 1. The first-order chi connectivity index (χ1) is 17.9. The molecule has 192 valence electrons. The summed E-state index contributed by atoms with van der Waals surface area (Å²) in [7, 11) is 0.601. The van der Waals surface area contributed by atoms with E-state index in [1.54, 1.807) is 19.2 Å². The highest BCUT2D eigenvalue weighted by Crippen LogP contribution is 2.40. The minimum Gasteiger partial charge on any atom is -0.494 e. The molecule has 1 fully saturated rings. The fourth-order valence-electron chi connectivity index (χ4n) is 4.19. The van der Waals surface area contributed by atoms with Gasteiger partial charge in [0.1, 0.15) is 23.6 Å². The molecule has 3 aromatic carbocycles. The highest BCUT2D eigenvalue weighted by molar-refractivity contribution is 7.93. The SMILES string of the molecule is COc1ccc(C(=O)c2cnn(C)c2OCc2ccc3ccccc3c2)c(Cl)c1N=S1(=O)CCOCC1. The van der Waals surface area contributed by atoms with Crippen LogP contribution < -0.4 is 9.47 Å². The summed E-state index contributed by atoms with van der Waals surface area (Å²) in [6, 6.07) is 17.3. The average molecular weight is 540 g/mol. The van der Waals surface area contributed by atoms with Gasteiger partial charge in [-0.15, -0.1) is 0 Å². The highest BCUT2D eigenvalue weighted by atomic mass is 35.5. The van der Waals surface area contributed by atoms with Crippen LogP contribution >= 0.6 is 11.6 Å². The van der Waals surface area contributed by atoms with E-state index in [1.807, 2.05) is 30.3 Å². The molecule has 1 aromatic heterocycles. The van der Waals surface area contributed by atoms with Crippen LogP contribution in [0.25, 0.3) is 10.8 Å². The van der Waals surface area contributed by atoms with E-state index in [0.29, 0.717) is 36.3 Å². The molecule has 0 atom stereocenters. The predicted molar refractivity (Wildman–Crippen MR) is 144 cm³/mol. The fraction of sp³-hybridized carbons (Fsp3) is 0.259. The number of nitrogens with zero attached hydrogens (tertiary/aromatic N) is 3. The molecular formula is C27H26ClN3O5S. The summed E-state index contributed by atoms with van der Waals surface area (Å²) < 4.78 is 36.0. The lowest BCUT2D eigenvalue weighted by Crippen LogP contribution is -2.25. The third-order valence-electron chi connectivity index (χ3n) is 6.21. The summed E-state index contributed by atoms with van der Waals surface area (Å²) in [6.07, 6.45) is 1.45. The molecule has 8 nitrogen and oxygen atoms in total. The number of hydrogen-bond donors (Lipinski definition) is 0. The number of aryl methyl sites for hydroxylation is 1. The maximum atomic E-state index is 13.6. The van der Waals surface area contributed by atoms with Crippen LogP contribution in [-0.4, -0.2) is 51.6 Å². The van der Waals surface area contributed by atoms with E-state index in [2.05, 4.69) is 21.6 Å². The minimum atomic E-state index is -2.58. The summed E-state index contributed by atoms with van der Waals surface area (Å²) in [5.74, 6) is 0.862. The van der Waals surface area contributed by atoms with Crippen molar-refractivity contribution in [1.82, 2.24) is 9.78 Å². The van der Waals surface area contributed by atoms with Crippen LogP contribution in [0.3, 0.4) is 0 Å². The smallest absolute Gasteiger partial charge is 0.223 e. The first-order valence-corrected chi connectivity index (χ1v) is 14.0. The topological polar surface area (TPSA) is 92.0 Å². The van der Waals surface area contributed by atoms with Gasteiger partial charge in [-0.1, -0.05) is 48.0 Å². The molecule has 10 heteroatoms. The number of fused-ring (bicyclic) bond motifs is 1. The van der Waals surface area contributed by atoms with Crippen LogP contribution in [0.5, 0.6) is 11.6 Å². The summed E-state index contributed by atoms with van der Waals surface area (Å²) in [5.41, 5.74) is 1.61. The summed E-state index contributed by atoms with van der Waals surface area (Å²) in [4.78, 5) is 13.6. The number of rotatable bonds is 7. The predicted octanol–water partition coefficient (Wildman–Crippen LogP) is 5.18. The standard InChI is InChI=1S/C27H26ClN3O5S/c1-31-27(36-17-18-7-8-19-5-3-4-6-20(19)15-18)22(16-29-31)26(32)21-9-10-23(34-2)25(24(21)28)30-37(33)13-11-35-12-14-37/h3-10,15-16H,11-14,17H2,1-2H3. The number of carbonyl (C=O) groups excluding carboxylic acids is 1. The molecule has 0 bridgehead atoms. The quantitative estimate of drug-likeness (QED) is 0.301. The third-order valence-corrected chi connectivity index (χ3v) is 8.72. The Hall–Kier alpha value is -3.40. The number of hydrogen-bond acceptors (Lipinski definition) is 7. The zero-order valence-electron chi connectivity index (χ0n) is 20.5. The number of carbonyl (C=O) groups is 1. The second-order valence-corrected chi connectivity index (χ2v) is 11.6. The van der Waals surface area contributed by atoms with Gasteiger partial charge in [-0.2, -0.15) is 9.46 Å². The van der Waals surface area contributed by atoms with Crippen LogP contribution in [-0.2, 0) is 28.1 Å². The molecule has 0 radical (unpaired) electrons. The summed E-state index contributed by atoms with van der Waals surface area (Å²) in [5, 5.41) is 6.55. The summed E-state index contributed by atoms with van der Waals surface area (Å²) >= 11 is 6.69. The monoisotopic (exact) mass is 539 g/mol. The number of ketones is 1. The van der Waals surface area contributed by atoms with Crippen LogP contribution in [0.2, 0.25) is 5.02 Å². The van der Waals surface area contributed by atoms with Gasteiger partial charge in [0.15, 0.2) is 0 Å². The van der Waals surface area contributed by atoms with Gasteiger partial charge in [-0.25, -0.2) is 8.89 Å². The maximum absolute atomic E-state index is 13.6. The Bertz CT molecular complexity index is 1600. The van der Waals surface area contributed by atoms with E-state index < -0.39 is 9.73 Å². The fourth-order valence-corrected chi connectivity index (χ4v) is 6.18. The summed E-state index contributed by atoms with van der Waals surface area (Å²) in [6.45, 7) is 0.967. The van der Waals surface area contributed by atoms with Gasteiger partial charge in [0.25, 0.3) is 0 Å². The van der Waals surface area contributed by atoms with Gasteiger partial charge in [0, 0.05) is 12.6 Å². The molecule has 5 rings (SSSR count). The lowest BCUT2D eigenvalue weighted by Gasteiger charge is -2.18. The normalized spacial score (nSPS) is 14.9. The third kappa shape index (κ3) is 5.20. The van der Waals surface area contributed by atoms with Crippen molar-refractivity contribution in [3.8, 4) is 11.6 Å². The largest absolute Gasteiger partial charge is 0.494 e. The molecule has 0 amide bonds. The zero-order valence-corrected chi connectivity index (χ0v) is 22.1. The van der Waals surface area contributed by atoms with E-state index in [-0.39, 0.29) is 34.2 Å². The molecule has 1 aliphatic heterocycles. The van der Waals surface area contributed by atoms with Crippen LogP contribution in [0.1, 0.15) is 21.5 Å². The Morgan fingerprint density at radius 1 is 1.11 bits per heavy atom. The van der Waals surface area contributed by atoms with Crippen molar-refractivity contribution in [3.63, 3.8) is 0 Å². The molecule has 2 heterocycles. The minimum absolute atomic E-state index is 0.0721. The first kappa shape index (κ1) is 25.3. The first-order valence-electron chi connectivity index (χ1n) is 11.7. The molecule has 0 unspecified atom stereocenters. The maximum Gasteiger partial charge on any atom is 0.223 e. The van der Waals surface area contributed by atoms with Crippen molar-refractivity contribution in [2.24, 2.45) is 11.4 Å². The van der Waals surface area contributed by atoms with E-state index in [1.165, 1.54) is 18.0 Å². The Balaban J connectivity index is 1.46. The van der Waals surface area contributed by atoms with Gasteiger partial charge >= 0.3 is 0 Å². The zero-order chi connectivity index (χ0) is 26.0. The number of ether oxygens (including phenoxy) is 3. The van der Waals surface area contributed by atoms with Crippen LogP contribution in [0.15, 0.2) is 65.2 Å². The van der Waals surface area contributed by atoms with E-state index in [0.717, 1.165) is 16.3 Å². The Labute approximate surface area is 220 Å². The van der Waals surface area contributed by atoms with Crippen LogP contribution in [0.4, 0.5) is 5.69 Å². The van der Waals surface area contributed by atoms with Crippen molar-refractivity contribution in [1.29, 1.82) is 0 Å². The van der Waals surface area contributed by atoms with Crippen molar-refractivity contribution < 1.29 is 23.2 Å². The molecule has 0 spiro atoms. The van der Waals surface area contributed by atoms with Crippen molar-refractivity contribution >= 4 is 43.6 Å². The molecule has 37 heavy (non-hydrogen) atoms. The van der Waals surface area contributed by atoms with Crippen molar-refractivity contribution in [2.75, 3.05) is 31.8 Å². The Morgan fingerprint density at radius 2 is 1.86 bits per heavy atom. The van der Waals surface area contributed by atoms with Gasteiger partial charge < -0.3 is 14.2 Å². The number of halogens is 1. The van der Waals surface area contributed by atoms with Crippen molar-refractivity contribution in [2.45, 2.75) is 6.61 Å². The lowest BCUT2D eigenvalue weighted by atomic mass is 10.0. The van der Waals surface area contributed by atoms with Gasteiger partial charge in [-0.3, -0.25) is 4.79 Å². The molecule has 0 saturated carbocycles. The van der Waals surface area contributed by atoms with E-state index >= 15 is 0 Å². The average Bonchev–Trinajstić information content (AvgIpc) is 3.28. The molecule has 0 N–H and O–H groups in total. The molecular weight excluding hydrogens is 514 g/mol. The second kappa shape index (κ2) is 10.5. The van der Waals surface area contributed by atoms with E-state index in [4.69, 9.17) is 25.8 Å². The Morgan fingerprint density at radius 3 is 2.62 bits per heavy atom. The number of benzene rings is 3. The molecule has 1 aliphatic rings. The van der Waals surface area contributed by atoms with E-state index in [9.17, 15) is 9.00 Å². The number of aromatic nitrogens is 2. The second-order valence-electron chi connectivity index (χ2n) is 8.65. The van der Waals surface area contributed by atoms with Crippen LogP contribution in [0, 0.1) is 0 Å². The molecule has 1 saturated heterocycles.